The Hall–Kier alpha value is -3.28. The lowest BCUT2D eigenvalue weighted by atomic mass is 9.97. The van der Waals surface area contributed by atoms with E-state index in [1.54, 1.807) is 51.5 Å². The molecule has 0 spiro atoms. The molecule has 35 heavy (non-hydrogen) atoms. The molecule has 0 saturated heterocycles. The Kier molecular flexibility index (Phi) is 7.34. The fourth-order valence-electron chi connectivity index (χ4n) is 3.93. The number of benzene rings is 1. The number of ether oxygens (including phenoxy) is 3. The van der Waals surface area contributed by atoms with E-state index in [1.807, 2.05) is 6.07 Å². The zero-order chi connectivity index (χ0) is 26.1. The van der Waals surface area contributed by atoms with Gasteiger partial charge in [0.1, 0.15) is 5.60 Å². The van der Waals surface area contributed by atoms with Crippen LogP contribution in [-0.4, -0.2) is 56.3 Å². The molecule has 0 radical (unpaired) electrons. The van der Waals surface area contributed by atoms with E-state index in [0.717, 1.165) is 17.4 Å². The Labute approximate surface area is 204 Å². The van der Waals surface area contributed by atoms with E-state index in [9.17, 15) is 18.0 Å². The fraction of sp³-hybridized carbons (Fsp3) is 0.522. The molecule has 3 rings (SSSR count). The number of carbonyl (C=O) groups excluding carboxylic acids is 1. The molecule has 0 saturated carbocycles. The highest BCUT2D eigenvalue weighted by molar-refractivity contribution is 7.89. The predicted molar refractivity (Wildman–Crippen MR) is 130 cm³/mol. The van der Waals surface area contributed by atoms with E-state index in [4.69, 9.17) is 14.2 Å². The average molecular weight is 509 g/mol. The number of amides is 1. The Bertz CT molecular complexity index is 1370. The van der Waals surface area contributed by atoms with E-state index in [-0.39, 0.29) is 12.0 Å². The van der Waals surface area contributed by atoms with Gasteiger partial charge < -0.3 is 19.5 Å². The number of hydrogen-bond acceptors (Lipinski definition) is 7. The highest BCUT2D eigenvalue weighted by atomic mass is 32.2. The van der Waals surface area contributed by atoms with Crippen molar-refractivity contribution in [1.29, 1.82) is 0 Å². The maximum Gasteiger partial charge on any atom is 0.407 e. The summed E-state index contributed by atoms with van der Waals surface area (Å²) in [6.07, 6.45) is 0.884. The first-order valence-electron chi connectivity index (χ1n) is 11.1. The zero-order valence-electron chi connectivity index (χ0n) is 21.0. The Morgan fingerprint density at radius 2 is 1.80 bits per heavy atom. The van der Waals surface area contributed by atoms with Crippen LogP contribution in [0.2, 0.25) is 0 Å². The zero-order valence-corrected chi connectivity index (χ0v) is 21.9. The maximum atomic E-state index is 13.6. The third-order valence-electron chi connectivity index (χ3n) is 5.37. The van der Waals surface area contributed by atoms with Crippen molar-refractivity contribution < 1.29 is 27.4 Å². The minimum atomic E-state index is -3.83. The molecule has 2 aromatic rings. The van der Waals surface area contributed by atoms with E-state index >= 15 is 0 Å². The fourth-order valence-corrected chi connectivity index (χ4v) is 4.41. The van der Waals surface area contributed by atoms with Crippen molar-refractivity contribution in [2.24, 2.45) is 4.40 Å². The van der Waals surface area contributed by atoms with Crippen molar-refractivity contribution in [3.63, 3.8) is 0 Å². The van der Waals surface area contributed by atoms with Crippen LogP contribution < -0.4 is 26.0 Å². The van der Waals surface area contributed by atoms with Crippen LogP contribution in [0, 0.1) is 0 Å². The summed E-state index contributed by atoms with van der Waals surface area (Å²) in [5, 5.41) is 2.63. The minimum absolute atomic E-state index is 0.0298. The lowest BCUT2D eigenvalue weighted by Gasteiger charge is -2.26. The number of rotatable bonds is 6. The number of alkyl carbamates (subject to hydrolysis) is 1. The number of aryl methyl sites for hydroxylation is 1. The van der Waals surface area contributed by atoms with Gasteiger partial charge in [0.05, 0.1) is 32.2 Å². The second-order valence-electron chi connectivity index (χ2n) is 9.36. The third-order valence-corrected chi connectivity index (χ3v) is 5.89. The third kappa shape index (κ3) is 6.05. The van der Waals surface area contributed by atoms with E-state index in [1.165, 1.54) is 11.7 Å². The molecule has 1 atom stereocenters. The number of carbonyl (C=O) groups is 1. The molecule has 12 heteroatoms. The van der Waals surface area contributed by atoms with Crippen molar-refractivity contribution in [2.45, 2.75) is 52.3 Å². The summed E-state index contributed by atoms with van der Waals surface area (Å²) in [4.78, 5) is 25.7. The molecule has 0 aliphatic carbocycles. The van der Waals surface area contributed by atoms with Gasteiger partial charge in [-0.1, -0.05) is 0 Å². The van der Waals surface area contributed by atoms with Crippen LogP contribution in [0.15, 0.2) is 27.4 Å². The molecule has 0 bridgehead atoms. The molecule has 1 aliphatic rings. The van der Waals surface area contributed by atoms with Crippen molar-refractivity contribution in [3.8, 4) is 22.8 Å². The molecule has 11 nitrogen and oxygen atoms in total. The van der Waals surface area contributed by atoms with Crippen molar-refractivity contribution in [2.75, 3.05) is 27.0 Å². The van der Waals surface area contributed by atoms with Gasteiger partial charge in [0.25, 0.3) is 10.0 Å². The largest absolute Gasteiger partial charge is 0.493 e. The second-order valence-corrected chi connectivity index (χ2v) is 11.0. The lowest BCUT2D eigenvalue weighted by molar-refractivity contribution is 0.0520. The number of fused-ring (bicyclic) bond motifs is 3. The smallest absolute Gasteiger partial charge is 0.407 e. The van der Waals surface area contributed by atoms with Crippen molar-refractivity contribution in [1.82, 2.24) is 14.5 Å². The van der Waals surface area contributed by atoms with Gasteiger partial charge in [-0.25, -0.2) is 18.0 Å². The first kappa shape index (κ1) is 26.3. The number of hydrogen-bond donors (Lipinski definition) is 1. The average Bonchev–Trinajstić information content (AvgIpc) is 2.74. The van der Waals surface area contributed by atoms with Crippen LogP contribution >= 0.6 is 0 Å². The van der Waals surface area contributed by atoms with Gasteiger partial charge in [-0.3, -0.25) is 9.13 Å². The monoisotopic (exact) mass is 508 g/mol. The van der Waals surface area contributed by atoms with E-state index < -0.39 is 33.4 Å². The lowest BCUT2D eigenvalue weighted by Crippen LogP contribution is -2.46. The number of aromatic nitrogens is 2. The quantitative estimate of drug-likeness (QED) is 0.630. The summed E-state index contributed by atoms with van der Waals surface area (Å²) >= 11 is 0. The topological polar surface area (TPSA) is 130 Å². The normalized spacial score (nSPS) is 14.5. The molecule has 1 amide bonds. The van der Waals surface area contributed by atoms with E-state index in [2.05, 4.69) is 9.71 Å². The van der Waals surface area contributed by atoms with Crippen LogP contribution in [0.3, 0.4) is 0 Å². The van der Waals surface area contributed by atoms with Gasteiger partial charge in [0, 0.05) is 24.7 Å². The summed E-state index contributed by atoms with van der Waals surface area (Å²) in [5.74, 6) is 1.05. The number of nitrogens with one attached hydrogen (secondary N) is 1. The first-order chi connectivity index (χ1) is 16.2. The van der Waals surface area contributed by atoms with Crippen LogP contribution in [0.25, 0.3) is 11.3 Å². The molecular formula is C23H32N4O7S. The summed E-state index contributed by atoms with van der Waals surface area (Å²) in [5.41, 5.74) is 1.02. The highest BCUT2D eigenvalue weighted by Gasteiger charge is 2.24. The summed E-state index contributed by atoms with van der Waals surface area (Å²) in [7, 11) is -0.771. The number of sulfonamides is 1. The Morgan fingerprint density at radius 3 is 2.37 bits per heavy atom. The van der Waals surface area contributed by atoms with Crippen LogP contribution in [0.1, 0.15) is 39.3 Å². The SMILES string of the molecule is COc1cc2c(cc1OC)-c1cc(=NS(C)(=O)=O)n(C(C)CNC(=O)OC(C)(C)C)c(=O)n1CC2. The molecule has 1 aromatic heterocycles. The van der Waals surface area contributed by atoms with Crippen molar-refractivity contribution >= 4 is 16.1 Å². The van der Waals surface area contributed by atoms with Gasteiger partial charge in [0.15, 0.2) is 17.0 Å². The first-order valence-corrected chi connectivity index (χ1v) is 12.9. The van der Waals surface area contributed by atoms with Crippen LogP contribution in [-0.2, 0) is 27.7 Å². The van der Waals surface area contributed by atoms with Gasteiger partial charge in [-0.05, 0) is 51.8 Å². The van der Waals surface area contributed by atoms with Gasteiger partial charge >= 0.3 is 11.8 Å². The predicted octanol–water partition coefficient (Wildman–Crippen LogP) is 1.84. The highest BCUT2D eigenvalue weighted by Crippen LogP contribution is 2.37. The Balaban J connectivity index is 2.14. The van der Waals surface area contributed by atoms with Gasteiger partial charge in [0.2, 0.25) is 0 Å². The molecule has 1 unspecified atom stereocenters. The molecule has 2 heterocycles. The molecule has 0 fully saturated rings. The molecule has 192 valence electrons. The molecule has 1 N–H and O–H groups in total. The maximum absolute atomic E-state index is 13.6. The van der Waals surface area contributed by atoms with Crippen LogP contribution in [0.4, 0.5) is 4.79 Å². The van der Waals surface area contributed by atoms with Crippen LogP contribution in [0.5, 0.6) is 11.5 Å². The summed E-state index contributed by atoms with van der Waals surface area (Å²) in [6, 6.07) is 4.57. The summed E-state index contributed by atoms with van der Waals surface area (Å²) < 4.78 is 46.9. The second kappa shape index (κ2) is 9.76. The van der Waals surface area contributed by atoms with Crippen molar-refractivity contribution in [3.05, 3.63) is 39.7 Å². The molecule has 1 aliphatic heterocycles. The summed E-state index contributed by atoms with van der Waals surface area (Å²) in [6.45, 7) is 7.33. The van der Waals surface area contributed by atoms with Gasteiger partial charge in [-0.15, -0.1) is 4.40 Å². The Morgan fingerprint density at radius 1 is 1.17 bits per heavy atom. The number of nitrogens with zero attached hydrogens (tertiary/aromatic N) is 3. The number of methoxy groups -OCH3 is 2. The molecular weight excluding hydrogens is 476 g/mol. The van der Waals surface area contributed by atoms with Gasteiger partial charge in [-0.2, -0.15) is 0 Å². The molecule has 1 aromatic carbocycles. The van der Waals surface area contributed by atoms with E-state index in [0.29, 0.717) is 30.2 Å². The minimum Gasteiger partial charge on any atom is -0.493 e. The standard InChI is InChI=1S/C23H32N4O7S/c1-14(13-24-21(28)34-23(2,3)4)27-20(25-35(7,30)31)12-17-16-11-19(33-6)18(32-5)10-15(16)8-9-26(17)22(27)29/h10-12,14H,8-9,13H2,1-7H3,(H,24,28).